The maximum Gasteiger partial charge on any atom is 0.226 e. The van der Waals surface area contributed by atoms with E-state index in [1.807, 2.05) is 67.7 Å². The van der Waals surface area contributed by atoms with E-state index in [0.29, 0.717) is 47.6 Å². The van der Waals surface area contributed by atoms with Crippen molar-refractivity contribution in [2.75, 3.05) is 0 Å². The summed E-state index contributed by atoms with van der Waals surface area (Å²) in [5, 5.41) is 3.48. The number of nitrogens with zero attached hydrogens (tertiary/aromatic N) is 4. The molecule has 2 aromatic carbocycles. The summed E-state index contributed by atoms with van der Waals surface area (Å²) in [5.41, 5.74) is 1.75. The van der Waals surface area contributed by atoms with E-state index in [2.05, 4.69) is 37.6 Å². The second-order valence-corrected chi connectivity index (χ2v) is 9.21. The van der Waals surface area contributed by atoms with Crippen molar-refractivity contribution in [2.24, 2.45) is 13.0 Å². The Balaban J connectivity index is 1.80. The minimum absolute atomic E-state index is 0.323. The molecule has 0 saturated heterocycles. The molecule has 0 bridgehead atoms. The first-order chi connectivity index (χ1) is 16.9. The molecule has 0 unspecified atom stereocenters. The van der Waals surface area contributed by atoms with E-state index in [-0.39, 0.29) is 0 Å². The second kappa shape index (κ2) is 11.1. The minimum Gasteiger partial charge on any atom is -0.439 e. The van der Waals surface area contributed by atoms with Crippen molar-refractivity contribution in [3.8, 4) is 34.8 Å². The SMILES string of the molecule is CC(C)Cc1nc(CNC(C)C)c(-c2nc(Oc3ccccc3)cc(Oc3ccccc3)n2)n1C. The van der Waals surface area contributed by atoms with E-state index in [1.54, 1.807) is 6.07 Å². The van der Waals surface area contributed by atoms with Gasteiger partial charge in [0.25, 0.3) is 0 Å². The van der Waals surface area contributed by atoms with Crippen molar-refractivity contribution in [3.63, 3.8) is 0 Å². The molecule has 0 spiro atoms. The Morgan fingerprint density at radius 1 is 0.800 bits per heavy atom. The number of hydrogen-bond donors (Lipinski definition) is 1. The molecule has 0 aliphatic rings. The van der Waals surface area contributed by atoms with Gasteiger partial charge in [-0.15, -0.1) is 0 Å². The second-order valence-electron chi connectivity index (χ2n) is 9.21. The van der Waals surface area contributed by atoms with E-state index >= 15 is 0 Å². The average Bonchev–Trinajstić information content (AvgIpc) is 3.13. The van der Waals surface area contributed by atoms with Crippen LogP contribution in [-0.4, -0.2) is 25.6 Å². The fraction of sp³-hybridized carbons (Fsp3) is 0.321. The zero-order valence-corrected chi connectivity index (χ0v) is 21.0. The number of aromatic nitrogens is 4. The lowest BCUT2D eigenvalue weighted by atomic mass is 10.1. The van der Waals surface area contributed by atoms with Gasteiger partial charge in [-0.1, -0.05) is 64.1 Å². The molecule has 0 atom stereocenters. The Labute approximate surface area is 207 Å². The minimum atomic E-state index is 0.323. The van der Waals surface area contributed by atoms with Crippen LogP contribution in [0.15, 0.2) is 66.7 Å². The number of rotatable bonds is 10. The first-order valence-corrected chi connectivity index (χ1v) is 12.0. The average molecular weight is 472 g/mol. The Hall–Kier alpha value is -3.71. The van der Waals surface area contributed by atoms with Crippen molar-refractivity contribution in [3.05, 3.63) is 78.2 Å². The van der Waals surface area contributed by atoms with Crippen molar-refractivity contribution < 1.29 is 9.47 Å². The lowest BCUT2D eigenvalue weighted by molar-refractivity contribution is 0.434. The third kappa shape index (κ3) is 6.45. The molecule has 0 saturated carbocycles. The van der Waals surface area contributed by atoms with Crippen molar-refractivity contribution in [2.45, 2.75) is 46.7 Å². The van der Waals surface area contributed by atoms with E-state index in [0.717, 1.165) is 23.6 Å². The van der Waals surface area contributed by atoms with Gasteiger partial charge < -0.3 is 19.4 Å². The summed E-state index contributed by atoms with van der Waals surface area (Å²) in [7, 11) is 2.02. The third-order valence-corrected chi connectivity index (χ3v) is 5.35. The molecule has 1 N–H and O–H groups in total. The number of hydrogen-bond acceptors (Lipinski definition) is 6. The summed E-state index contributed by atoms with van der Waals surface area (Å²) in [6.07, 6.45) is 0.860. The summed E-state index contributed by atoms with van der Waals surface area (Å²) in [5.74, 6) is 4.17. The summed E-state index contributed by atoms with van der Waals surface area (Å²) < 4.78 is 14.3. The highest BCUT2D eigenvalue weighted by Gasteiger charge is 2.21. The maximum atomic E-state index is 6.09. The first-order valence-electron chi connectivity index (χ1n) is 12.0. The number of para-hydroxylation sites is 2. The fourth-order valence-electron chi connectivity index (χ4n) is 3.69. The number of ether oxygens (including phenoxy) is 2. The van der Waals surface area contributed by atoms with Gasteiger partial charge in [-0.05, 0) is 30.2 Å². The molecule has 0 radical (unpaired) electrons. The smallest absolute Gasteiger partial charge is 0.226 e. The summed E-state index contributed by atoms with van der Waals surface area (Å²) in [6, 6.07) is 21.2. The van der Waals surface area contributed by atoms with Crippen molar-refractivity contribution >= 4 is 0 Å². The quantitative estimate of drug-likeness (QED) is 0.299. The van der Waals surface area contributed by atoms with Crippen molar-refractivity contribution in [1.29, 1.82) is 0 Å². The standard InChI is InChI=1S/C28H33N5O2/c1-19(2)16-24-30-23(18-29-20(3)4)27(33(24)5)28-31-25(34-21-12-8-6-9-13-21)17-26(32-28)35-22-14-10-7-11-15-22/h6-15,17,19-20,29H,16,18H2,1-5H3. The summed E-state index contributed by atoms with van der Waals surface area (Å²) in [4.78, 5) is 14.5. The van der Waals surface area contributed by atoms with Gasteiger partial charge in [-0.25, -0.2) is 4.98 Å². The molecule has 4 aromatic rings. The zero-order chi connectivity index (χ0) is 24.8. The summed E-state index contributed by atoms with van der Waals surface area (Å²) in [6.45, 7) is 9.23. The van der Waals surface area contributed by atoms with Gasteiger partial charge in [-0.2, -0.15) is 9.97 Å². The zero-order valence-electron chi connectivity index (χ0n) is 21.0. The van der Waals surface area contributed by atoms with Crippen LogP contribution in [0.4, 0.5) is 0 Å². The molecule has 7 nitrogen and oxygen atoms in total. The molecule has 0 amide bonds. The Morgan fingerprint density at radius 2 is 1.34 bits per heavy atom. The summed E-state index contributed by atoms with van der Waals surface area (Å²) >= 11 is 0. The predicted octanol–water partition coefficient (Wildman–Crippen LogP) is 6.16. The normalized spacial score (nSPS) is 11.3. The van der Waals surface area contributed by atoms with Crippen LogP contribution in [0.1, 0.15) is 39.2 Å². The molecule has 2 aromatic heterocycles. The van der Waals surface area contributed by atoms with Crippen LogP contribution in [0.5, 0.6) is 23.3 Å². The number of imidazole rings is 1. The van der Waals surface area contributed by atoms with Crippen LogP contribution in [-0.2, 0) is 20.0 Å². The number of nitrogens with one attached hydrogen (secondary N) is 1. The van der Waals surface area contributed by atoms with E-state index in [4.69, 9.17) is 24.4 Å². The molecule has 0 fully saturated rings. The fourth-order valence-corrected chi connectivity index (χ4v) is 3.69. The maximum absolute atomic E-state index is 6.09. The highest BCUT2D eigenvalue weighted by Crippen LogP contribution is 2.31. The molecule has 0 aliphatic carbocycles. The third-order valence-electron chi connectivity index (χ3n) is 5.35. The Morgan fingerprint density at radius 3 is 1.83 bits per heavy atom. The van der Waals surface area contributed by atoms with E-state index in [1.165, 1.54) is 0 Å². The van der Waals surface area contributed by atoms with Crippen LogP contribution in [0.25, 0.3) is 11.5 Å². The molecular formula is C28H33N5O2. The van der Waals surface area contributed by atoms with Crippen LogP contribution >= 0.6 is 0 Å². The molecule has 7 heteroatoms. The molecule has 4 rings (SSSR count). The van der Waals surface area contributed by atoms with Gasteiger partial charge in [0.1, 0.15) is 23.0 Å². The molecule has 35 heavy (non-hydrogen) atoms. The van der Waals surface area contributed by atoms with Crippen LogP contribution in [0.2, 0.25) is 0 Å². The van der Waals surface area contributed by atoms with Gasteiger partial charge >= 0.3 is 0 Å². The van der Waals surface area contributed by atoms with Gasteiger partial charge in [0.2, 0.25) is 11.8 Å². The predicted molar refractivity (Wildman–Crippen MR) is 138 cm³/mol. The largest absolute Gasteiger partial charge is 0.439 e. The van der Waals surface area contributed by atoms with Gasteiger partial charge in [0, 0.05) is 26.1 Å². The van der Waals surface area contributed by atoms with Gasteiger partial charge in [0.15, 0.2) is 5.82 Å². The highest BCUT2D eigenvalue weighted by atomic mass is 16.5. The van der Waals surface area contributed by atoms with Crippen molar-refractivity contribution in [1.82, 2.24) is 24.8 Å². The van der Waals surface area contributed by atoms with Crippen LogP contribution in [0.3, 0.4) is 0 Å². The van der Waals surface area contributed by atoms with Gasteiger partial charge in [0.05, 0.1) is 11.8 Å². The van der Waals surface area contributed by atoms with Crippen LogP contribution in [0, 0.1) is 5.92 Å². The van der Waals surface area contributed by atoms with E-state index < -0.39 is 0 Å². The topological polar surface area (TPSA) is 74.1 Å². The Kier molecular flexibility index (Phi) is 7.77. The van der Waals surface area contributed by atoms with E-state index in [9.17, 15) is 0 Å². The number of benzene rings is 2. The first kappa shape index (κ1) is 24.4. The monoisotopic (exact) mass is 471 g/mol. The molecular weight excluding hydrogens is 438 g/mol. The molecule has 0 aliphatic heterocycles. The van der Waals surface area contributed by atoms with Gasteiger partial charge in [-0.3, -0.25) is 0 Å². The molecule has 2 heterocycles. The molecule has 182 valence electrons. The lowest BCUT2D eigenvalue weighted by Gasteiger charge is -2.13. The Bertz CT molecular complexity index is 1180. The highest BCUT2D eigenvalue weighted by molar-refractivity contribution is 5.56. The lowest BCUT2D eigenvalue weighted by Crippen LogP contribution is -2.22. The van der Waals surface area contributed by atoms with Crippen LogP contribution < -0.4 is 14.8 Å².